The molecule has 0 aromatic rings. The maximum atomic E-state index is 11.9. The Kier molecular flexibility index (Phi) is 10.1. The molecule has 9 nitrogen and oxygen atoms in total. The van der Waals surface area contributed by atoms with E-state index in [1.807, 2.05) is 13.8 Å². The van der Waals surface area contributed by atoms with Gasteiger partial charge in [-0.3, -0.25) is 4.79 Å². The Balaban J connectivity index is 4.73. The van der Waals surface area contributed by atoms with Gasteiger partial charge in [-0.1, -0.05) is 13.8 Å². The fraction of sp³-hybridized carbons (Fsp3) is 0.667. The second kappa shape index (κ2) is 11.2. The summed E-state index contributed by atoms with van der Waals surface area (Å²) >= 11 is 0. The zero-order valence-corrected chi connectivity index (χ0v) is 17.1. The summed E-state index contributed by atoms with van der Waals surface area (Å²) < 4.78 is 9.95. The molecular formula is C18H31N3O6. The molecule has 3 N–H and O–H groups in total. The lowest BCUT2D eigenvalue weighted by atomic mass is 10.0. The lowest BCUT2D eigenvalue weighted by molar-refractivity contribution is -0.139. The number of esters is 1. The van der Waals surface area contributed by atoms with E-state index in [0.717, 1.165) is 6.20 Å². The number of ketones is 1. The van der Waals surface area contributed by atoms with Crippen LogP contribution in [0.4, 0.5) is 9.59 Å². The molecule has 0 saturated carbocycles. The molecule has 0 aliphatic carbocycles. The van der Waals surface area contributed by atoms with Crippen LogP contribution in [-0.4, -0.2) is 48.7 Å². The molecule has 154 valence electrons. The summed E-state index contributed by atoms with van der Waals surface area (Å²) in [5, 5.41) is 7.58. The number of amides is 3. The molecule has 9 heteroatoms. The summed E-state index contributed by atoms with van der Waals surface area (Å²) in [7, 11) is 0. The van der Waals surface area contributed by atoms with E-state index < -0.39 is 29.5 Å². The van der Waals surface area contributed by atoms with Crippen LogP contribution in [0, 0.1) is 5.92 Å². The van der Waals surface area contributed by atoms with Crippen molar-refractivity contribution in [2.24, 2.45) is 5.92 Å². The van der Waals surface area contributed by atoms with Gasteiger partial charge in [-0.25, -0.2) is 14.4 Å². The number of Topliss-reactive ketones (excluding diaryl/α,β-unsaturated/α-hetero) is 1. The summed E-state index contributed by atoms with van der Waals surface area (Å²) in [4.78, 5) is 46.9. The summed E-state index contributed by atoms with van der Waals surface area (Å²) in [6.45, 7) is 12.1. The Morgan fingerprint density at radius 1 is 1.11 bits per heavy atom. The number of ether oxygens (including phenoxy) is 2. The van der Waals surface area contributed by atoms with Gasteiger partial charge in [-0.05, 0) is 40.5 Å². The highest BCUT2D eigenvalue weighted by molar-refractivity contribution is 6.16. The molecule has 0 aromatic carbocycles. The van der Waals surface area contributed by atoms with Crippen LogP contribution in [0.25, 0.3) is 0 Å². The number of carbonyl (C=O) groups excluding carboxylic acids is 4. The average Bonchev–Trinajstić information content (AvgIpc) is 2.49. The van der Waals surface area contributed by atoms with Crippen LogP contribution in [-0.2, 0) is 19.1 Å². The number of urea groups is 1. The molecule has 0 bridgehead atoms. The maximum Gasteiger partial charge on any atom is 0.407 e. The third-order valence-electron chi connectivity index (χ3n) is 3.21. The zero-order chi connectivity index (χ0) is 21.2. The minimum Gasteiger partial charge on any atom is -0.462 e. The van der Waals surface area contributed by atoms with E-state index in [-0.39, 0.29) is 30.7 Å². The van der Waals surface area contributed by atoms with Gasteiger partial charge in [0.1, 0.15) is 11.2 Å². The SMILES string of the molecule is CCOC(=O)C(=CNC(=O)NC[C@@H](NC(=O)OC(C)(C)C)C(C)C)C(C)=O. The standard InChI is InChI=1S/C18H31N3O6/c1-8-26-15(23)13(12(4)22)9-19-16(24)20-10-14(11(2)3)21-17(25)27-18(5,6)7/h9,11,14H,8,10H2,1-7H3,(H,21,25)(H2,19,20,24)/t14-/m1/s1. The van der Waals surface area contributed by atoms with Gasteiger partial charge >= 0.3 is 18.1 Å². The van der Waals surface area contributed by atoms with Crippen LogP contribution >= 0.6 is 0 Å². The molecule has 0 unspecified atom stereocenters. The highest BCUT2D eigenvalue weighted by atomic mass is 16.6. The van der Waals surface area contributed by atoms with Crippen LogP contribution in [0.1, 0.15) is 48.5 Å². The Hall–Kier alpha value is -2.58. The van der Waals surface area contributed by atoms with Crippen molar-refractivity contribution in [3.05, 3.63) is 11.8 Å². The lowest BCUT2D eigenvalue weighted by Crippen LogP contribution is -2.49. The van der Waals surface area contributed by atoms with Crippen molar-refractivity contribution >= 4 is 23.9 Å². The third-order valence-corrected chi connectivity index (χ3v) is 3.21. The normalized spacial score (nSPS) is 12.8. The Morgan fingerprint density at radius 2 is 1.70 bits per heavy atom. The van der Waals surface area contributed by atoms with Crippen LogP contribution in [0.5, 0.6) is 0 Å². The molecule has 0 aromatic heterocycles. The highest BCUT2D eigenvalue weighted by Gasteiger charge is 2.22. The summed E-state index contributed by atoms with van der Waals surface area (Å²) in [6, 6.07) is -0.999. The molecular weight excluding hydrogens is 354 g/mol. The highest BCUT2D eigenvalue weighted by Crippen LogP contribution is 2.08. The van der Waals surface area contributed by atoms with E-state index in [1.165, 1.54) is 6.92 Å². The number of rotatable bonds is 8. The second-order valence-electron chi connectivity index (χ2n) is 7.19. The largest absolute Gasteiger partial charge is 0.462 e. The first-order chi connectivity index (χ1) is 12.4. The Bertz CT molecular complexity index is 578. The van der Waals surface area contributed by atoms with Crippen LogP contribution < -0.4 is 16.0 Å². The quantitative estimate of drug-likeness (QED) is 0.254. The van der Waals surface area contributed by atoms with Gasteiger partial charge in [-0.2, -0.15) is 0 Å². The number of hydrogen-bond acceptors (Lipinski definition) is 6. The first-order valence-electron chi connectivity index (χ1n) is 8.79. The number of alkyl carbamates (subject to hydrolysis) is 1. The fourth-order valence-electron chi connectivity index (χ4n) is 1.82. The summed E-state index contributed by atoms with van der Waals surface area (Å²) in [5.41, 5.74) is -0.892. The van der Waals surface area contributed by atoms with E-state index in [1.54, 1.807) is 27.7 Å². The molecule has 0 fully saturated rings. The molecule has 0 saturated heterocycles. The van der Waals surface area contributed by atoms with Crippen LogP contribution in [0.15, 0.2) is 11.8 Å². The predicted octanol–water partition coefficient (Wildman–Crippen LogP) is 1.87. The Morgan fingerprint density at radius 3 is 2.15 bits per heavy atom. The fourth-order valence-corrected chi connectivity index (χ4v) is 1.82. The number of nitrogens with one attached hydrogen (secondary N) is 3. The zero-order valence-electron chi connectivity index (χ0n) is 17.1. The maximum absolute atomic E-state index is 11.9. The molecule has 3 amide bonds. The molecule has 0 aliphatic heterocycles. The van der Waals surface area contributed by atoms with Gasteiger partial charge in [0.05, 0.1) is 12.6 Å². The van der Waals surface area contributed by atoms with Crippen molar-refractivity contribution in [2.45, 2.75) is 60.1 Å². The van der Waals surface area contributed by atoms with Gasteiger partial charge in [0, 0.05) is 12.7 Å². The topological polar surface area (TPSA) is 123 Å². The average molecular weight is 385 g/mol. The van der Waals surface area contributed by atoms with E-state index in [0.29, 0.717) is 0 Å². The van der Waals surface area contributed by atoms with Gasteiger partial charge in [0.25, 0.3) is 0 Å². The first kappa shape index (κ1) is 24.4. The molecule has 1 atom stereocenters. The van der Waals surface area contributed by atoms with Crippen LogP contribution in [0.2, 0.25) is 0 Å². The minimum atomic E-state index is -0.808. The molecule has 0 spiro atoms. The molecule has 27 heavy (non-hydrogen) atoms. The van der Waals surface area contributed by atoms with Gasteiger partial charge < -0.3 is 25.4 Å². The third kappa shape index (κ3) is 10.9. The Labute approximate surface area is 160 Å². The van der Waals surface area contributed by atoms with Crippen molar-refractivity contribution in [3.8, 4) is 0 Å². The van der Waals surface area contributed by atoms with Crippen molar-refractivity contribution in [1.82, 2.24) is 16.0 Å². The van der Waals surface area contributed by atoms with Crippen molar-refractivity contribution in [2.75, 3.05) is 13.2 Å². The smallest absolute Gasteiger partial charge is 0.407 e. The van der Waals surface area contributed by atoms with Crippen LogP contribution in [0.3, 0.4) is 0 Å². The van der Waals surface area contributed by atoms with Gasteiger partial charge in [0.2, 0.25) is 0 Å². The van der Waals surface area contributed by atoms with Gasteiger partial charge in [-0.15, -0.1) is 0 Å². The molecule has 0 rings (SSSR count). The number of hydrogen-bond donors (Lipinski definition) is 3. The number of carbonyl (C=O) groups is 4. The van der Waals surface area contributed by atoms with Crippen molar-refractivity contribution < 1.29 is 28.7 Å². The monoisotopic (exact) mass is 385 g/mol. The van der Waals surface area contributed by atoms with E-state index >= 15 is 0 Å². The van der Waals surface area contributed by atoms with E-state index in [4.69, 9.17) is 9.47 Å². The second-order valence-corrected chi connectivity index (χ2v) is 7.19. The minimum absolute atomic E-state index is 0.0284. The van der Waals surface area contributed by atoms with Gasteiger partial charge in [0.15, 0.2) is 5.78 Å². The summed E-state index contributed by atoms with van der Waals surface area (Å²) in [6.07, 6.45) is 0.422. The first-order valence-corrected chi connectivity index (χ1v) is 8.79. The molecule has 0 aliphatic rings. The van der Waals surface area contributed by atoms with Crippen molar-refractivity contribution in [1.29, 1.82) is 0 Å². The lowest BCUT2D eigenvalue weighted by Gasteiger charge is -2.26. The molecule has 0 radical (unpaired) electrons. The predicted molar refractivity (Wildman–Crippen MR) is 99.9 cm³/mol. The van der Waals surface area contributed by atoms with E-state index in [9.17, 15) is 19.2 Å². The van der Waals surface area contributed by atoms with E-state index in [2.05, 4.69) is 16.0 Å². The molecule has 0 heterocycles. The summed E-state index contributed by atoms with van der Waals surface area (Å²) in [5.74, 6) is -1.31. The van der Waals surface area contributed by atoms with Crippen molar-refractivity contribution in [3.63, 3.8) is 0 Å².